The minimum absolute atomic E-state index is 0. The topological polar surface area (TPSA) is 77.4 Å². The Labute approximate surface area is 134 Å². The molecular formula is C12H25NaO4S. The van der Waals surface area contributed by atoms with Gasteiger partial charge in [-0.15, -0.1) is 0 Å². The van der Waals surface area contributed by atoms with Gasteiger partial charge in [-0.1, -0.05) is 39.0 Å². The second-order valence-corrected chi connectivity index (χ2v) is 6.50. The fourth-order valence-corrected chi connectivity index (χ4v) is 2.15. The molecular weight excluding hydrogens is 263 g/mol. The van der Waals surface area contributed by atoms with E-state index < -0.39 is 15.4 Å². The molecule has 2 unspecified atom stereocenters. The molecule has 0 aromatic heterocycles. The van der Waals surface area contributed by atoms with E-state index in [4.69, 9.17) is 0 Å². The van der Waals surface area contributed by atoms with Crippen LogP contribution in [-0.4, -0.2) is 29.4 Å². The molecule has 0 radical (unpaired) electrons. The molecule has 104 valence electrons. The van der Waals surface area contributed by atoms with Gasteiger partial charge in [0.05, 0.1) is 16.2 Å². The smallest absolute Gasteiger partial charge is 0.748 e. The fourth-order valence-electron chi connectivity index (χ4n) is 1.69. The molecule has 6 heteroatoms. The van der Waals surface area contributed by atoms with Crippen LogP contribution in [-0.2, 0) is 10.1 Å². The summed E-state index contributed by atoms with van der Waals surface area (Å²) < 4.78 is 31.9. The van der Waals surface area contributed by atoms with Crippen LogP contribution in [0.5, 0.6) is 0 Å². The zero-order valence-electron chi connectivity index (χ0n) is 11.9. The van der Waals surface area contributed by atoms with E-state index in [0.717, 1.165) is 44.9 Å². The van der Waals surface area contributed by atoms with Gasteiger partial charge in [-0.05, 0) is 26.2 Å². The molecule has 0 heterocycles. The van der Waals surface area contributed by atoms with Crippen LogP contribution in [0.2, 0.25) is 0 Å². The minimum Gasteiger partial charge on any atom is -0.748 e. The van der Waals surface area contributed by atoms with Crippen LogP contribution < -0.4 is 29.6 Å². The van der Waals surface area contributed by atoms with E-state index in [1.165, 1.54) is 6.92 Å². The van der Waals surface area contributed by atoms with Crippen LogP contribution in [0.3, 0.4) is 0 Å². The monoisotopic (exact) mass is 288 g/mol. The molecule has 0 aliphatic rings. The van der Waals surface area contributed by atoms with Crippen molar-refractivity contribution < 1.29 is 47.6 Å². The Morgan fingerprint density at radius 1 is 1.06 bits per heavy atom. The van der Waals surface area contributed by atoms with Crippen molar-refractivity contribution in [1.29, 1.82) is 0 Å². The Hall–Kier alpha value is 0.870. The molecule has 0 spiro atoms. The molecule has 4 nitrogen and oxygen atoms in total. The summed E-state index contributed by atoms with van der Waals surface area (Å²) in [6.07, 6.45) is 6.81. The summed E-state index contributed by atoms with van der Waals surface area (Å²) in [6, 6.07) is 0. The van der Waals surface area contributed by atoms with Crippen LogP contribution >= 0.6 is 0 Å². The van der Waals surface area contributed by atoms with Crippen LogP contribution in [0.25, 0.3) is 0 Å². The van der Waals surface area contributed by atoms with E-state index in [1.54, 1.807) is 0 Å². The first-order valence-electron chi connectivity index (χ1n) is 6.50. The van der Waals surface area contributed by atoms with Crippen molar-refractivity contribution in [3.63, 3.8) is 0 Å². The zero-order chi connectivity index (χ0) is 13.3. The summed E-state index contributed by atoms with van der Waals surface area (Å²) in [5, 5.41) is 8.56. The van der Waals surface area contributed by atoms with Crippen molar-refractivity contribution in [3.05, 3.63) is 0 Å². The molecule has 0 saturated carbocycles. The van der Waals surface area contributed by atoms with E-state index >= 15 is 0 Å². The van der Waals surface area contributed by atoms with Crippen molar-refractivity contribution in [2.45, 2.75) is 76.6 Å². The first-order chi connectivity index (χ1) is 7.88. The average molecular weight is 288 g/mol. The Balaban J connectivity index is 0. The van der Waals surface area contributed by atoms with Gasteiger partial charge < -0.3 is 9.66 Å². The fraction of sp³-hybridized carbons (Fsp3) is 1.00. The van der Waals surface area contributed by atoms with Gasteiger partial charge in [-0.25, -0.2) is 8.42 Å². The largest absolute Gasteiger partial charge is 1.00 e. The summed E-state index contributed by atoms with van der Waals surface area (Å²) in [7, 11) is -4.10. The van der Waals surface area contributed by atoms with E-state index in [0.29, 0.717) is 6.42 Å². The Morgan fingerprint density at radius 3 is 1.94 bits per heavy atom. The molecule has 0 bridgehead atoms. The number of aliphatic hydroxyl groups is 1. The molecule has 0 aromatic carbocycles. The van der Waals surface area contributed by atoms with Crippen LogP contribution in [0.15, 0.2) is 0 Å². The van der Waals surface area contributed by atoms with Crippen molar-refractivity contribution in [2.24, 2.45) is 0 Å². The molecule has 18 heavy (non-hydrogen) atoms. The van der Waals surface area contributed by atoms with E-state index in [2.05, 4.69) is 0 Å². The number of rotatable bonds is 10. The summed E-state index contributed by atoms with van der Waals surface area (Å²) in [5.74, 6) is 0. The molecule has 0 rings (SSSR count). The molecule has 0 amide bonds. The van der Waals surface area contributed by atoms with Crippen LogP contribution in [0, 0.1) is 0 Å². The van der Waals surface area contributed by atoms with Crippen LogP contribution in [0.1, 0.15) is 65.2 Å². The second-order valence-electron chi connectivity index (χ2n) is 4.71. The molecule has 1 N–H and O–H groups in total. The molecule has 0 aliphatic heterocycles. The minimum atomic E-state index is -4.10. The molecule has 0 aliphatic carbocycles. The molecule has 0 aromatic rings. The number of hydrogen-bond donors (Lipinski definition) is 1. The number of unbranched alkanes of at least 4 members (excludes halogenated alkanes) is 4. The van der Waals surface area contributed by atoms with Gasteiger partial charge in [-0.2, -0.15) is 0 Å². The number of hydrogen-bond acceptors (Lipinski definition) is 4. The van der Waals surface area contributed by atoms with Crippen molar-refractivity contribution in [2.75, 3.05) is 0 Å². The van der Waals surface area contributed by atoms with Gasteiger partial charge in [-0.3, -0.25) is 0 Å². The Bertz CT molecular complexity index is 280. The van der Waals surface area contributed by atoms with Crippen LogP contribution in [0.4, 0.5) is 0 Å². The predicted octanol–water partition coefficient (Wildman–Crippen LogP) is -0.574. The van der Waals surface area contributed by atoms with Gasteiger partial charge in [0.2, 0.25) is 0 Å². The first kappa shape index (κ1) is 21.2. The maximum atomic E-state index is 10.6. The van der Waals surface area contributed by atoms with Gasteiger partial charge in [0, 0.05) is 5.25 Å². The SMILES string of the molecule is CCC(O)CCCCCCCC(C)S(=O)(=O)[O-].[Na+]. The van der Waals surface area contributed by atoms with Gasteiger partial charge in [0.1, 0.15) is 0 Å². The van der Waals surface area contributed by atoms with Gasteiger partial charge in [0.25, 0.3) is 0 Å². The summed E-state index contributed by atoms with van der Waals surface area (Å²) in [5.41, 5.74) is 0. The molecule has 2 atom stereocenters. The van der Waals surface area contributed by atoms with Gasteiger partial charge >= 0.3 is 29.6 Å². The third-order valence-electron chi connectivity index (χ3n) is 3.11. The average Bonchev–Trinajstić information content (AvgIpc) is 2.25. The third kappa shape index (κ3) is 11.9. The summed E-state index contributed by atoms with van der Waals surface area (Å²) >= 11 is 0. The van der Waals surface area contributed by atoms with E-state index in [-0.39, 0.29) is 35.7 Å². The standard InChI is InChI=1S/C12H26O4S.Na/c1-3-12(13)10-8-6-4-5-7-9-11(2)17(14,15)16;/h11-13H,3-10H2,1-2H3,(H,14,15,16);/q;+1/p-1. The van der Waals surface area contributed by atoms with Gasteiger partial charge in [0.15, 0.2) is 0 Å². The van der Waals surface area contributed by atoms with E-state index in [1.807, 2.05) is 6.92 Å². The summed E-state index contributed by atoms with van der Waals surface area (Å²) in [4.78, 5) is 0. The second kappa shape index (κ2) is 11.7. The summed E-state index contributed by atoms with van der Waals surface area (Å²) in [6.45, 7) is 3.44. The Kier molecular flexibility index (Phi) is 13.7. The molecule has 0 fully saturated rings. The van der Waals surface area contributed by atoms with E-state index in [9.17, 15) is 18.1 Å². The maximum absolute atomic E-state index is 10.6. The Morgan fingerprint density at radius 2 is 1.50 bits per heavy atom. The maximum Gasteiger partial charge on any atom is 1.00 e. The first-order valence-corrected chi connectivity index (χ1v) is 7.97. The number of aliphatic hydroxyl groups excluding tert-OH is 1. The quantitative estimate of drug-likeness (QED) is 0.332. The molecule has 0 saturated heterocycles. The zero-order valence-corrected chi connectivity index (χ0v) is 14.7. The normalized spacial score (nSPS) is 14.9. The third-order valence-corrected chi connectivity index (χ3v) is 4.33. The van der Waals surface area contributed by atoms with Crippen molar-refractivity contribution in [1.82, 2.24) is 0 Å². The van der Waals surface area contributed by atoms with Crippen molar-refractivity contribution in [3.8, 4) is 0 Å². The van der Waals surface area contributed by atoms with Crippen molar-refractivity contribution >= 4 is 10.1 Å². The predicted molar refractivity (Wildman–Crippen MR) is 67.8 cm³/mol.